The van der Waals surface area contributed by atoms with Gasteiger partial charge in [-0.3, -0.25) is 4.79 Å². The number of hydrogen-bond donors (Lipinski definition) is 0. The second kappa shape index (κ2) is 7.53. The van der Waals surface area contributed by atoms with Gasteiger partial charge in [0.15, 0.2) is 0 Å². The molecule has 2 nitrogen and oxygen atoms in total. The van der Waals surface area contributed by atoms with Crippen LogP contribution in [0.5, 0.6) is 5.75 Å². The topological polar surface area (TPSA) is 26.3 Å². The zero-order valence-corrected chi connectivity index (χ0v) is 19.5. The first kappa shape index (κ1) is 17.7. The molecule has 0 N–H and O–H groups in total. The summed E-state index contributed by atoms with van der Waals surface area (Å²) >= 11 is 9.32. The molecular formula is C16H12O2S4Se2. The van der Waals surface area contributed by atoms with Crippen molar-refractivity contribution in [1.82, 2.24) is 0 Å². The van der Waals surface area contributed by atoms with Gasteiger partial charge in [-0.25, -0.2) is 0 Å². The van der Waals surface area contributed by atoms with Gasteiger partial charge in [0.1, 0.15) is 0 Å². The first-order chi connectivity index (χ1) is 11.6. The summed E-state index contributed by atoms with van der Waals surface area (Å²) in [5.74, 6) is 0.320. The Labute approximate surface area is 170 Å². The fraction of sp³-hybridized carbons (Fsp3) is 0.188. The number of ether oxygens (including phenoxy) is 1. The summed E-state index contributed by atoms with van der Waals surface area (Å²) in [6, 6.07) is 7.82. The van der Waals surface area contributed by atoms with E-state index in [-0.39, 0.29) is 5.97 Å². The van der Waals surface area contributed by atoms with Gasteiger partial charge in [-0.05, 0) is 0 Å². The maximum atomic E-state index is 11.0. The molecule has 4 rings (SSSR count). The van der Waals surface area contributed by atoms with E-state index in [2.05, 4.69) is 6.92 Å². The van der Waals surface area contributed by atoms with Crippen molar-refractivity contribution in [1.29, 1.82) is 0 Å². The van der Waals surface area contributed by atoms with Crippen molar-refractivity contribution in [3.8, 4) is 5.75 Å². The molecule has 8 heteroatoms. The molecule has 0 amide bonds. The number of allylic oxidation sites excluding steroid dienone is 1. The van der Waals surface area contributed by atoms with Crippen LogP contribution in [0.4, 0.5) is 0 Å². The Morgan fingerprint density at radius 3 is 2.25 bits per heavy atom. The van der Waals surface area contributed by atoms with E-state index in [9.17, 15) is 4.79 Å². The molecule has 124 valence electrons. The summed E-state index contributed by atoms with van der Waals surface area (Å²) in [5.41, 5.74) is 1.19. The third kappa shape index (κ3) is 3.72. The molecule has 0 fully saturated rings. The zero-order valence-electron chi connectivity index (χ0n) is 12.8. The van der Waals surface area contributed by atoms with Crippen LogP contribution in [0, 0.1) is 0 Å². The van der Waals surface area contributed by atoms with Gasteiger partial charge in [-0.15, -0.1) is 0 Å². The number of benzene rings is 1. The first-order valence-corrected chi connectivity index (χ1v) is 14.5. The van der Waals surface area contributed by atoms with E-state index in [1.54, 1.807) is 7.61 Å². The van der Waals surface area contributed by atoms with Crippen molar-refractivity contribution >= 4 is 87.8 Å². The van der Waals surface area contributed by atoms with Crippen LogP contribution in [0.2, 0.25) is 4.22 Å². The van der Waals surface area contributed by atoms with Crippen molar-refractivity contribution in [2.24, 2.45) is 0 Å². The van der Waals surface area contributed by atoms with E-state index < -0.39 is 0 Å². The van der Waals surface area contributed by atoms with Gasteiger partial charge >= 0.3 is 160 Å². The normalized spacial score (nSPS) is 20.2. The van der Waals surface area contributed by atoms with Crippen LogP contribution in [0.25, 0.3) is 4.91 Å². The van der Waals surface area contributed by atoms with E-state index >= 15 is 0 Å². The molecule has 0 aliphatic carbocycles. The van der Waals surface area contributed by atoms with Crippen molar-refractivity contribution in [2.45, 2.75) is 18.1 Å². The van der Waals surface area contributed by atoms with Crippen LogP contribution in [0.15, 0.2) is 45.3 Å². The average Bonchev–Trinajstić information content (AvgIpc) is 3.21. The molecule has 3 aliphatic rings. The van der Waals surface area contributed by atoms with Gasteiger partial charge in [-0.2, -0.15) is 0 Å². The Hall–Kier alpha value is 0.349. The van der Waals surface area contributed by atoms with Crippen LogP contribution >= 0.6 is 47.0 Å². The molecule has 1 aromatic rings. The molecular weight excluding hydrogens is 510 g/mol. The molecule has 0 spiro atoms. The molecule has 0 aromatic heterocycles. The number of thioether (sulfide) groups is 4. The Morgan fingerprint density at radius 2 is 1.62 bits per heavy atom. The summed E-state index contributed by atoms with van der Waals surface area (Å²) < 4.78 is 12.9. The molecule has 3 heterocycles. The predicted molar refractivity (Wildman–Crippen MR) is 111 cm³/mol. The average molecular weight is 522 g/mol. The van der Waals surface area contributed by atoms with Crippen LogP contribution in [0.1, 0.15) is 19.4 Å². The van der Waals surface area contributed by atoms with E-state index in [1.165, 1.54) is 35.0 Å². The van der Waals surface area contributed by atoms with E-state index in [4.69, 9.17) is 4.74 Å². The summed E-state index contributed by atoms with van der Waals surface area (Å²) in [6.45, 7) is 3.62. The van der Waals surface area contributed by atoms with E-state index in [0.29, 0.717) is 5.75 Å². The van der Waals surface area contributed by atoms with Crippen molar-refractivity contribution in [3.05, 3.63) is 50.8 Å². The molecule has 24 heavy (non-hydrogen) atoms. The second-order valence-electron chi connectivity index (χ2n) is 4.97. The minimum atomic E-state index is -0.282. The standard InChI is InChI=1S/C16H12O2S4Se2/c1-8-12(10-3-5-11(6-4-10)18-9(2)17)20-13(19-8)14-21-15-16(22-14)24-7-23-15/h3-6H,7H2,1-2H3. The van der Waals surface area contributed by atoms with E-state index in [0.717, 1.165) is 29.9 Å². The molecule has 0 radical (unpaired) electrons. The Morgan fingerprint density at radius 1 is 1.00 bits per heavy atom. The number of hydrogen-bond acceptors (Lipinski definition) is 6. The fourth-order valence-corrected chi connectivity index (χ4v) is 18.8. The number of carbonyl (C=O) groups excluding carboxylic acids is 1. The van der Waals surface area contributed by atoms with Gasteiger partial charge in [0.25, 0.3) is 0 Å². The fourth-order valence-electron chi connectivity index (χ4n) is 2.23. The molecule has 0 unspecified atom stereocenters. The summed E-state index contributed by atoms with van der Waals surface area (Å²) in [5, 5.41) is 0. The van der Waals surface area contributed by atoms with Gasteiger partial charge in [0.2, 0.25) is 0 Å². The van der Waals surface area contributed by atoms with Crippen LogP contribution < -0.4 is 4.74 Å². The Bertz CT molecular complexity index is 794. The molecule has 1 aromatic carbocycles. The van der Waals surface area contributed by atoms with Crippen molar-refractivity contribution < 1.29 is 9.53 Å². The summed E-state index contributed by atoms with van der Waals surface area (Å²) in [7, 11) is 0. The predicted octanol–water partition coefficient (Wildman–Crippen LogP) is 5.31. The third-order valence-corrected chi connectivity index (χ3v) is 17.1. The SMILES string of the molecule is CC(=O)Oc1ccc(C2=C(C)SC(=C3SC4=C(S3)[Se]C[Se]4)S2)cc1. The summed E-state index contributed by atoms with van der Waals surface area (Å²) in [4.78, 5) is 13.7. The van der Waals surface area contributed by atoms with Crippen LogP contribution in [-0.2, 0) is 4.79 Å². The van der Waals surface area contributed by atoms with Gasteiger partial charge in [0.05, 0.1) is 0 Å². The van der Waals surface area contributed by atoms with Gasteiger partial charge in [0, 0.05) is 6.92 Å². The summed E-state index contributed by atoms with van der Waals surface area (Å²) in [6.07, 6.45) is 0. The minimum absolute atomic E-state index is 0.282. The first-order valence-electron chi connectivity index (χ1n) is 7.05. The van der Waals surface area contributed by atoms with Crippen molar-refractivity contribution in [2.75, 3.05) is 0 Å². The van der Waals surface area contributed by atoms with Crippen molar-refractivity contribution in [3.63, 3.8) is 0 Å². The molecule has 0 bridgehead atoms. The van der Waals surface area contributed by atoms with Gasteiger partial charge in [-0.1, -0.05) is 0 Å². The Balaban J connectivity index is 1.51. The third-order valence-electron chi connectivity index (χ3n) is 3.22. The van der Waals surface area contributed by atoms with E-state index in [1.807, 2.05) is 71.3 Å². The van der Waals surface area contributed by atoms with Crippen LogP contribution in [0.3, 0.4) is 0 Å². The molecule has 0 saturated heterocycles. The number of esters is 1. The maximum absolute atomic E-state index is 11.0. The second-order valence-corrected chi connectivity index (χ2v) is 16.9. The molecule has 3 aliphatic heterocycles. The molecule has 0 atom stereocenters. The van der Waals surface area contributed by atoms with Gasteiger partial charge < -0.3 is 0 Å². The number of rotatable bonds is 2. The Kier molecular flexibility index (Phi) is 5.57. The monoisotopic (exact) mass is 524 g/mol. The zero-order chi connectivity index (χ0) is 16.7. The number of carbonyl (C=O) groups is 1. The molecule has 0 saturated carbocycles. The van der Waals surface area contributed by atoms with Crippen LogP contribution in [-0.4, -0.2) is 35.9 Å². The quantitative estimate of drug-likeness (QED) is 0.297.